The molecule has 0 aromatic rings. The van der Waals surface area contributed by atoms with Gasteiger partial charge in [-0.3, -0.25) is 0 Å². The van der Waals surface area contributed by atoms with Gasteiger partial charge >= 0.3 is 0 Å². The van der Waals surface area contributed by atoms with E-state index in [1.165, 1.54) is 25.7 Å². The van der Waals surface area contributed by atoms with E-state index in [0.29, 0.717) is 6.04 Å². The molecule has 0 aliphatic carbocycles. The summed E-state index contributed by atoms with van der Waals surface area (Å²) in [6.07, 6.45) is 5.45. The van der Waals surface area contributed by atoms with Gasteiger partial charge in [0.05, 0.1) is 0 Å². The van der Waals surface area contributed by atoms with Crippen LogP contribution in [0.15, 0.2) is 0 Å². The van der Waals surface area contributed by atoms with Crippen LogP contribution in [0.2, 0.25) is 0 Å². The normalized spacial score (nSPS) is 30.4. The zero-order valence-electron chi connectivity index (χ0n) is 10.3. The molecule has 1 rings (SSSR count). The fourth-order valence-corrected chi connectivity index (χ4v) is 2.37. The molecule has 0 spiro atoms. The summed E-state index contributed by atoms with van der Waals surface area (Å²) in [7, 11) is 0. The number of hydrogen-bond acceptors (Lipinski definition) is 0. The van der Waals surface area contributed by atoms with E-state index in [-0.39, 0.29) is 0 Å². The highest BCUT2D eigenvalue weighted by molar-refractivity contribution is 4.78. The van der Waals surface area contributed by atoms with Crippen LogP contribution in [0.4, 0.5) is 0 Å². The van der Waals surface area contributed by atoms with Crippen LogP contribution in [-0.4, -0.2) is 12.6 Å². The van der Waals surface area contributed by atoms with E-state index in [4.69, 9.17) is 5.32 Å². The Balaban J connectivity index is 2.50. The van der Waals surface area contributed by atoms with E-state index in [9.17, 15) is 0 Å². The Bertz CT molecular complexity index is 135. The highest BCUT2D eigenvalue weighted by atomic mass is 14.9. The summed E-state index contributed by atoms with van der Waals surface area (Å²) < 4.78 is 0. The second-order valence-electron chi connectivity index (χ2n) is 5.45. The van der Waals surface area contributed by atoms with Crippen molar-refractivity contribution >= 4 is 0 Å². The molecule has 1 aliphatic rings. The van der Waals surface area contributed by atoms with Gasteiger partial charge in [0, 0.05) is 12.6 Å². The summed E-state index contributed by atoms with van der Waals surface area (Å²) in [4.78, 5) is 0. The molecule has 0 aromatic heterocycles. The Morgan fingerprint density at radius 2 is 1.71 bits per heavy atom. The maximum Gasteiger partial charge on any atom is 0.0271 e. The van der Waals surface area contributed by atoms with Crippen molar-refractivity contribution in [1.29, 1.82) is 0 Å². The van der Waals surface area contributed by atoms with Gasteiger partial charge in [-0.05, 0) is 30.6 Å². The maximum atomic E-state index is 4.82. The van der Waals surface area contributed by atoms with Gasteiger partial charge in [0.15, 0.2) is 0 Å². The lowest BCUT2D eigenvalue weighted by atomic mass is 9.81. The second kappa shape index (κ2) is 5.75. The lowest BCUT2D eigenvalue weighted by Crippen LogP contribution is -2.33. The molecule has 2 unspecified atom stereocenters. The van der Waals surface area contributed by atoms with Crippen LogP contribution in [0.5, 0.6) is 0 Å². The summed E-state index contributed by atoms with van der Waals surface area (Å²) in [5.74, 6) is 2.48. The molecule has 1 nitrogen and oxygen atoms in total. The SMILES string of the molecule is CC(C)C1CCCC[N]C(C(C)C)C1. The molecule has 0 aromatic carbocycles. The van der Waals surface area contributed by atoms with Crippen molar-refractivity contribution in [3.05, 3.63) is 0 Å². The van der Waals surface area contributed by atoms with Crippen LogP contribution >= 0.6 is 0 Å². The van der Waals surface area contributed by atoms with Gasteiger partial charge in [-0.1, -0.05) is 40.5 Å². The zero-order chi connectivity index (χ0) is 10.6. The van der Waals surface area contributed by atoms with E-state index >= 15 is 0 Å². The van der Waals surface area contributed by atoms with Crippen molar-refractivity contribution in [3.8, 4) is 0 Å². The van der Waals surface area contributed by atoms with Crippen LogP contribution in [0.3, 0.4) is 0 Å². The zero-order valence-corrected chi connectivity index (χ0v) is 10.3. The average molecular weight is 196 g/mol. The second-order valence-corrected chi connectivity index (χ2v) is 5.45. The number of nitrogens with zero attached hydrogens (tertiary/aromatic N) is 1. The van der Waals surface area contributed by atoms with Gasteiger partial charge in [0.25, 0.3) is 0 Å². The summed E-state index contributed by atoms with van der Waals surface area (Å²) in [5.41, 5.74) is 0. The molecule has 1 aliphatic heterocycles. The summed E-state index contributed by atoms with van der Waals surface area (Å²) in [6, 6.07) is 0.628. The van der Waals surface area contributed by atoms with Crippen LogP contribution in [-0.2, 0) is 0 Å². The summed E-state index contributed by atoms with van der Waals surface area (Å²) in [6.45, 7) is 10.5. The molecular weight excluding hydrogens is 170 g/mol. The van der Waals surface area contributed by atoms with Crippen molar-refractivity contribution < 1.29 is 0 Å². The summed E-state index contributed by atoms with van der Waals surface area (Å²) in [5, 5.41) is 4.82. The average Bonchev–Trinajstić information content (AvgIpc) is 2.01. The van der Waals surface area contributed by atoms with Crippen LogP contribution in [0.1, 0.15) is 53.4 Å². The highest BCUT2D eigenvalue weighted by Crippen LogP contribution is 2.27. The molecule has 1 fully saturated rings. The van der Waals surface area contributed by atoms with E-state index in [1.807, 2.05) is 0 Å². The van der Waals surface area contributed by atoms with Gasteiger partial charge in [-0.25, -0.2) is 5.32 Å². The smallest absolute Gasteiger partial charge is 0.0271 e. The first-order valence-corrected chi connectivity index (χ1v) is 6.28. The lowest BCUT2D eigenvalue weighted by Gasteiger charge is -2.30. The first kappa shape index (κ1) is 12.0. The third-order valence-electron chi connectivity index (χ3n) is 3.60. The topological polar surface area (TPSA) is 14.1 Å². The molecule has 14 heavy (non-hydrogen) atoms. The maximum absolute atomic E-state index is 4.82. The molecular formula is C13H26N. The predicted octanol–water partition coefficient (Wildman–Crippen LogP) is 3.46. The standard InChI is InChI=1S/C13H26N/c1-10(2)12-7-5-6-8-14-13(9-12)11(3)4/h10-13H,5-9H2,1-4H3. The van der Waals surface area contributed by atoms with Gasteiger partial charge in [0.1, 0.15) is 0 Å². The lowest BCUT2D eigenvalue weighted by molar-refractivity contribution is 0.232. The van der Waals surface area contributed by atoms with E-state index in [2.05, 4.69) is 27.7 Å². The van der Waals surface area contributed by atoms with Crippen molar-refractivity contribution in [2.75, 3.05) is 6.54 Å². The first-order chi connectivity index (χ1) is 6.61. The fourth-order valence-electron chi connectivity index (χ4n) is 2.37. The van der Waals surface area contributed by atoms with Gasteiger partial charge < -0.3 is 0 Å². The predicted molar refractivity (Wildman–Crippen MR) is 62.4 cm³/mol. The minimum absolute atomic E-state index is 0.628. The Hall–Kier alpha value is -0.0400. The van der Waals surface area contributed by atoms with Crippen molar-refractivity contribution in [3.63, 3.8) is 0 Å². The molecule has 0 N–H and O–H groups in total. The Kier molecular flexibility index (Phi) is 4.94. The summed E-state index contributed by atoms with van der Waals surface area (Å²) >= 11 is 0. The number of hydrogen-bond donors (Lipinski definition) is 0. The molecule has 1 heterocycles. The Morgan fingerprint density at radius 3 is 2.29 bits per heavy atom. The molecule has 2 atom stereocenters. The minimum Gasteiger partial charge on any atom is -0.238 e. The van der Waals surface area contributed by atoms with Gasteiger partial charge in [-0.2, -0.15) is 0 Å². The van der Waals surface area contributed by atoms with Crippen LogP contribution in [0.25, 0.3) is 0 Å². The van der Waals surface area contributed by atoms with E-state index in [1.54, 1.807) is 0 Å². The van der Waals surface area contributed by atoms with Gasteiger partial charge in [0.2, 0.25) is 0 Å². The molecule has 83 valence electrons. The first-order valence-electron chi connectivity index (χ1n) is 6.28. The molecule has 1 radical (unpaired) electrons. The highest BCUT2D eigenvalue weighted by Gasteiger charge is 2.23. The van der Waals surface area contributed by atoms with Gasteiger partial charge in [-0.15, -0.1) is 0 Å². The molecule has 0 bridgehead atoms. The fraction of sp³-hybridized carbons (Fsp3) is 1.00. The monoisotopic (exact) mass is 196 g/mol. The molecule has 0 amide bonds. The Labute approximate surface area is 89.7 Å². The van der Waals surface area contributed by atoms with Crippen molar-refractivity contribution in [1.82, 2.24) is 5.32 Å². The molecule has 1 heteroatoms. The third-order valence-corrected chi connectivity index (χ3v) is 3.60. The van der Waals surface area contributed by atoms with Crippen LogP contribution in [0, 0.1) is 17.8 Å². The minimum atomic E-state index is 0.628. The largest absolute Gasteiger partial charge is 0.238 e. The van der Waals surface area contributed by atoms with E-state index in [0.717, 1.165) is 24.3 Å². The number of rotatable bonds is 2. The third kappa shape index (κ3) is 3.61. The molecule has 0 saturated carbocycles. The Morgan fingerprint density at radius 1 is 1.00 bits per heavy atom. The van der Waals surface area contributed by atoms with E-state index < -0.39 is 0 Å². The molecule has 1 saturated heterocycles. The van der Waals surface area contributed by atoms with Crippen molar-refractivity contribution in [2.45, 2.75) is 59.4 Å². The van der Waals surface area contributed by atoms with Crippen LogP contribution < -0.4 is 5.32 Å². The quantitative estimate of drug-likeness (QED) is 0.642. The van der Waals surface area contributed by atoms with Crippen molar-refractivity contribution in [2.24, 2.45) is 17.8 Å².